The maximum absolute atomic E-state index is 8.64. The lowest BCUT2D eigenvalue weighted by molar-refractivity contribution is -0.818. The topological polar surface area (TPSA) is 79.7 Å². The van der Waals surface area contributed by atoms with Gasteiger partial charge < -0.3 is 24.9 Å². The molecular formula is C10H21NO4. The molecule has 0 aliphatic carbocycles. The number of quaternary nitrogens is 1. The van der Waals surface area contributed by atoms with Crippen LogP contribution in [0, 0.1) is 0 Å². The summed E-state index contributed by atoms with van der Waals surface area (Å²) in [6, 6.07) is 0. The van der Waals surface area contributed by atoms with E-state index in [1.807, 2.05) is 27.3 Å². The number of rotatable bonds is 6. The van der Waals surface area contributed by atoms with Gasteiger partial charge in [0.15, 0.2) is 12.0 Å². The molecule has 0 saturated heterocycles. The van der Waals surface area contributed by atoms with Gasteiger partial charge in [0.05, 0.1) is 21.1 Å². The van der Waals surface area contributed by atoms with Gasteiger partial charge in [0, 0.05) is 6.42 Å². The highest BCUT2D eigenvalue weighted by Crippen LogP contribution is 2.08. The molecule has 3 N–H and O–H groups in total. The molecule has 0 amide bonds. The summed E-state index contributed by atoms with van der Waals surface area (Å²) in [6.07, 6.45) is 2.76. The maximum Gasteiger partial charge on any atom is 0.186 e. The molecule has 0 bridgehead atoms. The van der Waals surface area contributed by atoms with Crippen molar-refractivity contribution in [2.45, 2.75) is 12.7 Å². The molecule has 90 valence electrons. The fourth-order valence-corrected chi connectivity index (χ4v) is 0.905. The van der Waals surface area contributed by atoms with Gasteiger partial charge in [-0.2, -0.15) is 0 Å². The average Bonchev–Trinajstić information content (AvgIpc) is 1.98. The lowest BCUT2D eigenvalue weighted by atomic mass is 10.3. The predicted molar refractivity (Wildman–Crippen MR) is 57.0 cm³/mol. The number of aliphatic hydroxyl groups excluding tert-OH is 1. The summed E-state index contributed by atoms with van der Waals surface area (Å²) in [7, 11) is 5.96. The lowest BCUT2D eigenvalue weighted by Crippen LogP contribution is -2.28. The SMILES string of the molecule is C=CCC(=C[N+](C)(C)C)OCC(O)O.[OH-]. The molecule has 0 aromatic rings. The molecule has 0 unspecified atom stereocenters. The van der Waals surface area contributed by atoms with Crippen LogP contribution in [0.25, 0.3) is 0 Å². The fraction of sp³-hybridized carbons (Fsp3) is 0.600. The van der Waals surface area contributed by atoms with Crippen LogP contribution in [0.15, 0.2) is 24.6 Å². The van der Waals surface area contributed by atoms with Gasteiger partial charge in [0.25, 0.3) is 0 Å². The van der Waals surface area contributed by atoms with Crippen molar-refractivity contribution in [2.75, 3.05) is 27.7 Å². The zero-order valence-corrected chi connectivity index (χ0v) is 9.55. The third-order valence-corrected chi connectivity index (χ3v) is 1.29. The van der Waals surface area contributed by atoms with Crippen molar-refractivity contribution in [3.8, 4) is 0 Å². The number of aliphatic hydroxyl groups is 2. The lowest BCUT2D eigenvalue weighted by Gasteiger charge is -2.20. The van der Waals surface area contributed by atoms with Gasteiger partial charge in [-0.15, -0.1) is 6.58 Å². The molecule has 0 atom stereocenters. The highest BCUT2D eigenvalue weighted by Gasteiger charge is 2.08. The highest BCUT2D eigenvalue weighted by molar-refractivity contribution is 4.94. The normalized spacial score (nSPS) is 12.3. The molecule has 0 heterocycles. The van der Waals surface area contributed by atoms with Gasteiger partial charge in [-0.1, -0.05) is 6.08 Å². The first-order valence-corrected chi connectivity index (χ1v) is 4.48. The molecule has 5 nitrogen and oxygen atoms in total. The average molecular weight is 219 g/mol. The van der Waals surface area contributed by atoms with Gasteiger partial charge >= 0.3 is 0 Å². The van der Waals surface area contributed by atoms with E-state index in [0.29, 0.717) is 16.7 Å². The Morgan fingerprint density at radius 2 is 1.93 bits per heavy atom. The van der Waals surface area contributed by atoms with Crippen molar-refractivity contribution in [3.05, 3.63) is 24.6 Å². The van der Waals surface area contributed by atoms with E-state index in [9.17, 15) is 0 Å². The molecule has 0 rings (SSSR count). The summed E-state index contributed by atoms with van der Waals surface area (Å²) < 4.78 is 5.81. The minimum absolute atomic E-state index is 0. The Bertz CT molecular complexity index is 206. The summed E-state index contributed by atoms with van der Waals surface area (Å²) in [5.74, 6) is 0.695. The van der Waals surface area contributed by atoms with Crippen molar-refractivity contribution < 1.29 is 24.9 Å². The van der Waals surface area contributed by atoms with Crippen LogP contribution in [0.1, 0.15) is 6.42 Å². The van der Waals surface area contributed by atoms with Crippen LogP contribution in [0.4, 0.5) is 0 Å². The molecule has 5 heteroatoms. The van der Waals surface area contributed by atoms with Crippen molar-refractivity contribution in [1.29, 1.82) is 0 Å². The van der Waals surface area contributed by atoms with Gasteiger partial charge in [-0.3, -0.25) is 0 Å². The van der Waals surface area contributed by atoms with Crippen molar-refractivity contribution >= 4 is 0 Å². The van der Waals surface area contributed by atoms with E-state index in [0.717, 1.165) is 0 Å². The zero-order chi connectivity index (χ0) is 11.2. The number of nitrogens with zero attached hydrogens (tertiary/aromatic N) is 1. The Morgan fingerprint density at radius 3 is 2.27 bits per heavy atom. The molecule has 15 heavy (non-hydrogen) atoms. The maximum atomic E-state index is 8.64. The van der Waals surface area contributed by atoms with Gasteiger partial charge in [0.2, 0.25) is 0 Å². The fourth-order valence-electron chi connectivity index (χ4n) is 0.905. The van der Waals surface area contributed by atoms with Crippen molar-refractivity contribution in [1.82, 2.24) is 0 Å². The molecule has 0 radical (unpaired) electrons. The largest absolute Gasteiger partial charge is 0.870 e. The Balaban J connectivity index is 0. The summed E-state index contributed by atoms with van der Waals surface area (Å²) in [5, 5.41) is 17.3. The number of hydrogen-bond acceptors (Lipinski definition) is 4. The smallest absolute Gasteiger partial charge is 0.186 e. The number of allylic oxidation sites excluding steroid dienone is 1. The van der Waals surface area contributed by atoms with E-state index in [2.05, 4.69) is 6.58 Å². The van der Waals surface area contributed by atoms with E-state index in [-0.39, 0.29) is 12.1 Å². The van der Waals surface area contributed by atoms with E-state index in [1.54, 1.807) is 6.08 Å². The van der Waals surface area contributed by atoms with Crippen LogP contribution in [0.3, 0.4) is 0 Å². The molecule has 0 aromatic heterocycles. The molecule has 0 aromatic carbocycles. The Labute approximate surface area is 90.8 Å². The minimum Gasteiger partial charge on any atom is -0.870 e. The Kier molecular flexibility index (Phi) is 8.18. The summed E-state index contributed by atoms with van der Waals surface area (Å²) >= 11 is 0. The van der Waals surface area contributed by atoms with Gasteiger partial charge in [-0.05, 0) is 0 Å². The van der Waals surface area contributed by atoms with Crippen LogP contribution >= 0.6 is 0 Å². The van der Waals surface area contributed by atoms with Crippen LogP contribution in [0.5, 0.6) is 0 Å². The molecule has 0 spiro atoms. The standard InChI is InChI=1S/C10H20NO3.H2O/c1-5-6-9(7-11(2,3)4)14-8-10(12)13;/h5,7,10,12-13H,1,6,8H2,2-4H3;1H2/q+1;/p-1. The van der Waals surface area contributed by atoms with Crippen molar-refractivity contribution in [3.63, 3.8) is 0 Å². The quantitative estimate of drug-likeness (QED) is 0.291. The monoisotopic (exact) mass is 219 g/mol. The Morgan fingerprint density at radius 1 is 1.40 bits per heavy atom. The first-order chi connectivity index (χ1) is 6.35. The van der Waals surface area contributed by atoms with Gasteiger partial charge in [0.1, 0.15) is 12.8 Å². The molecule has 0 saturated carbocycles. The second-order valence-corrected chi connectivity index (χ2v) is 4.00. The highest BCUT2D eigenvalue weighted by atomic mass is 16.5. The van der Waals surface area contributed by atoms with E-state index in [4.69, 9.17) is 14.9 Å². The first-order valence-electron chi connectivity index (χ1n) is 4.48. The van der Waals surface area contributed by atoms with E-state index >= 15 is 0 Å². The molecule has 0 aliphatic heterocycles. The van der Waals surface area contributed by atoms with Crippen LogP contribution in [0.2, 0.25) is 0 Å². The molecular weight excluding hydrogens is 198 g/mol. The second-order valence-electron chi connectivity index (χ2n) is 4.00. The second kappa shape index (κ2) is 7.42. The number of hydrogen-bond donors (Lipinski definition) is 2. The third kappa shape index (κ3) is 11.0. The zero-order valence-electron chi connectivity index (χ0n) is 9.55. The molecule has 0 aliphatic rings. The van der Waals surface area contributed by atoms with E-state index in [1.165, 1.54) is 0 Å². The van der Waals surface area contributed by atoms with Crippen LogP contribution in [-0.4, -0.2) is 54.2 Å². The minimum atomic E-state index is -1.43. The predicted octanol–water partition coefficient (Wildman–Crippen LogP) is 0.261. The Hall–Kier alpha value is -0.880. The summed E-state index contributed by atoms with van der Waals surface area (Å²) in [6.45, 7) is 3.49. The third-order valence-electron chi connectivity index (χ3n) is 1.29. The van der Waals surface area contributed by atoms with E-state index < -0.39 is 6.29 Å². The first kappa shape index (κ1) is 16.5. The van der Waals surface area contributed by atoms with Gasteiger partial charge in [-0.25, -0.2) is 0 Å². The van der Waals surface area contributed by atoms with Crippen LogP contribution < -0.4 is 0 Å². The molecule has 0 fully saturated rings. The van der Waals surface area contributed by atoms with Crippen molar-refractivity contribution in [2.24, 2.45) is 0 Å². The summed E-state index contributed by atoms with van der Waals surface area (Å²) in [5.41, 5.74) is 0. The summed E-state index contributed by atoms with van der Waals surface area (Å²) in [4.78, 5) is 0. The van der Waals surface area contributed by atoms with Crippen LogP contribution in [-0.2, 0) is 4.74 Å². The number of ether oxygens (including phenoxy) is 1.